The topological polar surface area (TPSA) is 52.7 Å². The molecule has 2 aliphatic carbocycles. The molecule has 1 spiro atoms. The standard InChI is InChI=1S/C23H33N3O2/c1-16(2)19-6-4-18(5-7-19)14-25(20-8-9-20)15-26-21(27)23(24-22(26)28)12-10-17(3)11-13-23/h4-7,16-17,20H,8-15H2,1-3H3,(H,24,28). The van der Waals surface area contributed by atoms with Gasteiger partial charge in [-0.25, -0.2) is 9.69 Å². The summed E-state index contributed by atoms with van der Waals surface area (Å²) < 4.78 is 0. The van der Waals surface area contributed by atoms with Crippen molar-refractivity contribution >= 4 is 11.9 Å². The van der Waals surface area contributed by atoms with Crippen LogP contribution in [0, 0.1) is 5.92 Å². The summed E-state index contributed by atoms with van der Waals surface area (Å²) >= 11 is 0. The van der Waals surface area contributed by atoms with Crippen LogP contribution in [-0.4, -0.2) is 40.0 Å². The van der Waals surface area contributed by atoms with Crippen molar-refractivity contribution in [2.45, 2.75) is 83.3 Å². The van der Waals surface area contributed by atoms with Crippen molar-refractivity contribution in [2.24, 2.45) is 5.92 Å². The van der Waals surface area contributed by atoms with Gasteiger partial charge in [0.05, 0.1) is 6.67 Å². The van der Waals surface area contributed by atoms with Gasteiger partial charge in [0, 0.05) is 12.6 Å². The second kappa shape index (κ2) is 7.51. The third-order valence-corrected chi connectivity index (χ3v) is 6.79. The van der Waals surface area contributed by atoms with Crippen LogP contribution in [0.2, 0.25) is 0 Å². The van der Waals surface area contributed by atoms with Gasteiger partial charge in [-0.05, 0) is 61.5 Å². The number of hydrogen-bond acceptors (Lipinski definition) is 3. The second-order valence-corrected chi connectivity index (χ2v) is 9.44. The highest BCUT2D eigenvalue weighted by Gasteiger charge is 2.52. The lowest BCUT2D eigenvalue weighted by molar-refractivity contribution is -0.134. The average molecular weight is 384 g/mol. The zero-order valence-corrected chi connectivity index (χ0v) is 17.4. The molecule has 28 heavy (non-hydrogen) atoms. The molecule has 3 amide bonds. The fraction of sp³-hybridized carbons (Fsp3) is 0.652. The summed E-state index contributed by atoms with van der Waals surface area (Å²) in [6.45, 7) is 7.81. The molecule has 1 N–H and O–H groups in total. The van der Waals surface area contributed by atoms with E-state index in [9.17, 15) is 9.59 Å². The minimum Gasteiger partial charge on any atom is -0.323 e. The van der Waals surface area contributed by atoms with Crippen molar-refractivity contribution < 1.29 is 9.59 Å². The Morgan fingerprint density at radius 3 is 2.32 bits per heavy atom. The highest BCUT2D eigenvalue weighted by molar-refractivity contribution is 6.07. The van der Waals surface area contributed by atoms with Crippen molar-refractivity contribution in [3.63, 3.8) is 0 Å². The van der Waals surface area contributed by atoms with Crippen molar-refractivity contribution in [1.29, 1.82) is 0 Å². The van der Waals surface area contributed by atoms with E-state index in [1.165, 1.54) is 16.0 Å². The minimum atomic E-state index is -0.641. The van der Waals surface area contributed by atoms with Crippen molar-refractivity contribution in [1.82, 2.24) is 15.1 Å². The zero-order valence-electron chi connectivity index (χ0n) is 17.4. The highest BCUT2D eigenvalue weighted by atomic mass is 16.2. The van der Waals surface area contributed by atoms with E-state index in [2.05, 4.69) is 55.3 Å². The van der Waals surface area contributed by atoms with Crippen LogP contribution < -0.4 is 5.32 Å². The van der Waals surface area contributed by atoms with Gasteiger partial charge in [-0.3, -0.25) is 9.69 Å². The Bertz CT molecular complexity index is 731. The maximum atomic E-state index is 13.2. The van der Waals surface area contributed by atoms with Crippen molar-refractivity contribution in [3.8, 4) is 0 Å². The molecule has 5 heteroatoms. The zero-order chi connectivity index (χ0) is 19.9. The number of rotatable bonds is 6. The third kappa shape index (κ3) is 3.82. The first kappa shape index (κ1) is 19.4. The SMILES string of the molecule is CC1CCC2(CC1)NC(=O)N(CN(Cc1ccc(C(C)C)cc1)C1CC1)C2=O. The first-order valence-electron chi connectivity index (χ1n) is 10.8. The fourth-order valence-corrected chi connectivity index (χ4v) is 4.56. The molecule has 0 atom stereocenters. The molecule has 1 heterocycles. The number of benzene rings is 1. The Morgan fingerprint density at radius 2 is 1.75 bits per heavy atom. The molecule has 1 saturated heterocycles. The maximum Gasteiger partial charge on any atom is 0.326 e. The van der Waals surface area contributed by atoms with Crippen LogP contribution in [0.5, 0.6) is 0 Å². The summed E-state index contributed by atoms with van der Waals surface area (Å²) in [4.78, 5) is 29.6. The van der Waals surface area contributed by atoms with Crippen LogP contribution in [0.15, 0.2) is 24.3 Å². The second-order valence-electron chi connectivity index (χ2n) is 9.44. The largest absolute Gasteiger partial charge is 0.326 e. The molecule has 0 radical (unpaired) electrons. The molecule has 3 aliphatic rings. The summed E-state index contributed by atoms with van der Waals surface area (Å²) in [5.41, 5.74) is 1.94. The predicted molar refractivity (Wildman–Crippen MR) is 110 cm³/mol. The van der Waals surface area contributed by atoms with E-state index in [1.54, 1.807) is 0 Å². The molecule has 1 aromatic rings. The van der Waals surface area contributed by atoms with Crippen molar-refractivity contribution in [3.05, 3.63) is 35.4 Å². The van der Waals surface area contributed by atoms with Crippen LogP contribution in [0.1, 0.15) is 76.3 Å². The normalized spacial score (nSPS) is 27.9. The maximum absolute atomic E-state index is 13.2. The van der Waals surface area contributed by atoms with E-state index < -0.39 is 5.54 Å². The van der Waals surface area contributed by atoms with Crippen LogP contribution >= 0.6 is 0 Å². The molecule has 1 aromatic carbocycles. The molecule has 3 fully saturated rings. The molecule has 152 valence electrons. The van der Waals surface area contributed by atoms with Crippen LogP contribution in [0.25, 0.3) is 0 Å². The lowest BCUT2D eigenvalue weighted by Gasteiger charge is -2.34. The predicted octanol–water partition coefficient (Wildman–Crippen LogP) is 4.23. The summed E-state index contributed by atoms with van der Waals surface area (Å²) in [5.74, 6) is 1.15. The Labute approximate surface area is 168 Å². The smallest absolute Gasteiger partial charge is 0.323 e. The van der Waals surface area contributed by atoms with E-state index in [4.69, 9.17) is 0 Å². The third-order valence-electron chi connectivity index (χ3n) is 6.79. The quantitative estimate of drug-likeness (QED) is 0.748. The molecule has 0 unspecified atom stereocenters. The molecule has 2 saturated carbocycles. The number of imide groups is 1. The summed E-state index contributed by atoms with van der Waals surface area (Å²) in [6, 6.07) is 9.02. The average Bonchev–Trinajstić information content (AvgIpc) is 3.49. The fourth-order valence-electron chi connectivity index (χ4n) is 4.56. The number of amides is 3. The Kier molecular flexibility index (Phi) is 5.21. The lowest BCUT2D eigenvalue weighted by atomic mass is 9.77. The summed E-state index contributed by atoms with van der Waals surface area (Å²) in [6.07, 6.45) is 5.86. The van der Waals surface area contributed by atoms with Gasteiger partial charge in [0.2, 0.25) is 0 Å². The highest BCUT2D eigenvalue weighted by Crippen LogP contribution is 2.37. The van der Waals surface area contributed by atoms with E-state index >= 15 is 0 Å². The van der Waals surface area contributed by atoms with Gasteiger partial charge in [0.1, 0.15) is 5.54 Å². The van der Waals surface area contributed by atoms with Gasteiger partial charge in [-0.1, -0.05) is 45.0 Å². The Morgan fingerprint density at radius 1 is 1.11 bits per heavy atom. The van der Waals surface area contributed by atoms with Crippen molar-refractivity contribution in [2.75, 3.05) is 6.67 Å². The number of carbonyl (C=O) groups excluding carboxylic acids is 2. The number of nitrogens with zero attached hydrogens (tertiary/aromatic N) is 2. The van der Waals surface area contributed by atoms with E-state index in [1.807, 2.05) is 0 Å². The lowest BCUT2D eigenvalue weighted by Crippen LogP contribution is -2.50. The first-order chi connectivity index (χ1) is 13.4. The Hall–Kier alpha value is -1.88. The molecular formula is C23H33N3O2. The molecule has 0 aromatic heterocycles. The van der Waals surface area contributed by atoms with Crippen LogP contribution in [0.3, 0.4) is 0 Å². The summed E-state index contributed by atoms with van der Waals surface area (Å²) in [5, 5.41) is 3.05. The molecular weight excluding hydrogens is 350 g/mol. The number of carbonyl (C=O) groups is 2. The molecule has 0 bridgehead atoms. The van der Waals surface area contributed by atoms with Crippen LogP contribution in [0.4, 0.5) is 4.79 Å². The minimum absolute atomic E-state index is 0.00907. The van der Waals surface area contributed by atoms with Gasteiger partial charge in [-0.2, -0.15) is 0 Å². The first-order valence-corrected chi connectivity index (χ1v) is 10.8. The van der Waals surface area contributed by atoms with Crippen LogP contribution in [-0.2, 0) is 11.3 Å². The summed E-state index contributed by atoms with van der Waals surface area (Å²) in [7, 11) is 0. The Balaban J connectivity index is 1.45. The van der Waals surface area contributed by atoms with E-state index in [0.717, 1.165) is 45.1 Å². The van der Waals surface area contributed by atoms with Gasteiger partial charge < -0.3 is 5.32 Å². The molecule has 5 nitrogen and oxygen atoms in total. The number of urea groups is 1. The monoisotopic (exact) mass is 383 g/mol. The van der Waals surface area contributed by atoms with E-state index in [0.29, 0.717) is 24.5 Å². The van der Waals surface area contributed by atoms with Gasteiger partial charge in [-0.15, -0.1) is 0 Å². The number of nitrogens with one attached hydrogen (secondary N) is 1. The van der Waals surface area contributed by atoms with E-state index in [-0.39, 0.29) is 11.9 Å². The van der Waals surface area contributed by atoms with Gasteiger partial charge >= 0.3 is 6.03 Å². The van der Waals surface area contributed by atoms with Gasteiger partial charge in [0.25, 0.3) is 5.91 Å². The molecule has 4 rings (SSSR count). The van der Waals surface area contributed by atoms with Gasteiger partial charge in [0.15, 0.2) is 0 Å². The molecule has 1 aliphatic heterocycles. The number of hydrogen-bond donors (Lipinski definition) is 1.